The van der Waals surface area contributed by atoms with Gasteiger partial charge in [0.1, 0.15) is 5.82 Å². The van der Waals surface area contributed by atoms with Crippen molar-refractivity contribution in [3.8, 4) is 11.1 Å². The van der Waals surface area contributed by atoms with Crippen LogP contribution in [-0.4, -0.2) is 62.1 Å². The summed E-state index contributed by atoms with van der Waals surface area (Å²) in [5, 5.41) is 7.04. The highest BCUT2D eigenvalue weighted by molar-refractivity contribution is 7.93. The zero-order valence-corrected chi connectivity index (χ0v) is 23.7. The standard InChI is InChI=1S/C27H33F2N7O3S/c1-17-22(19-14-32-35(3)16-19)15-31-24(36-11-6-9-27(28,29)10-12-36)23(17)26(38)33-20-7-5-8-21(13-20)40(4,39)34-25(37)18(2)30/h5,7-8,13-16,18H,6,9-12,30H2,1-4H3,(H,33,38)/t18-,40-/m1/s1. The molecule has 1 saturated heterocycles. The Hall–Kier alpha value is -3.71. The van der Waals surface area contributed by atoms with Crippen LogP contribution in [0, 0.1) is 6.92 Å². The molecule has 40 heavy (non-hydrogen) atoms. The van der Waals surface area contributed by atoms with Gasteiger partial charge in [0.2, 0.25) is 5.92 Å². The van der Waals surface area contributed by atoms with Crippen LogP contribution in [0.2, 0.25) is 0 Å². The van der Waals surface area contributed by atoms with E-state index in [2.05, 4.69) is 19.8 Å². The van der Waals surface area contributed by atoms with Crippen LogP contribution < -0.4 is 16.0 Å². The van der Waals surface area contributed by atoms with Gasteiger partial charge < -0.3 is 16.0 Å². The number of nitrogens with one attached hydrogen (secondary N) is 1. The zero-order chi connectivity index (χ0) is 29.2. The van der Waals surface area contributed by atoms with Crippen LogP contribution in [0.25, 0.3) is 11.1 Å². The van der Waals surface area contributed by atoms with E-state index in [1.54, 1.807) is 60.3 Å². The monoisotopic (exact) mass is 573 g/mol. The van der Waals surface area contributed by atoms with Gasteiger partial charge in [0.15, 0.2) is 0 Å². The number of aryl methyl sites for hydroxylation is 1. The van der Waals surface area contributed by atoms with Crippen molar-refractivity contribution in [2.75, 3.05) is 29.6 Å². The van der Waals surface area contributed by atoms with Crippen LogP contribution >= 0.6 is 0 Å². The third kappa shape index (κ3) is 6.53. The average molecular weight is 574 g/mol. The number of anilines is 2. The lowest BCUT2D eigenvalue weighted by Crippen LogP contribution is -2.30. The Bertz CT molecular complexity index is 1560. The molecule has 1 aromatic carbocycles. The molecular formula is C27H33F2N7O3S. The number of nitrogens with zero attached hydrogens (tertiary/aromatic N) is 5. The minimum atomic E-state index is -3.12. The maximum atomic E-state index is 14.1. The number of alkyl halides is 2. The van der Waals surface area contributed by atoms with Gasteiger partial charge in [0.25, 0.3) is 11.8 Å². The lowest BCUT2D eigenvalue weighted by molar-refractivity contribution is -0.118. The SMILES string of the molecule is Cc1c(-c2cnn(C)c2)cnc(N2CCCC(F)(F)CC2)c1C(=O)Nc1cccc([S@@](C)(=O)=NC(=O)[C@@H](C)N)c1. The third-order valence-corrected chi connectivity index (χ3v) is 8.42. The average Bonchev–Trinajstić information content (AvgIpc) is 3.22. The van der Waals surface area contributed by atoms with Crippen LogP contribution in [0.4, 0.5) is 20.3 Å². The highest BCUT2D eigenvalue weighted by Crippen LogP contribution is 2.34. The van der Waals surface area contributed by atoms with Gasteiger partial charge in [-0.1, -0.05) is 6.07 Å². The number of amides is 2. The topological polar surface area (TPSA) is 136 Å². The Balaban J connectivity index is 1.74. The van der Waals surface area contributed by atoms with Crippen molar-refractivity contribution in [2.45, 2.75) is 50.0 Å². The molecule has 3 N–H and O–H groups in total. The van der Waals surface area contributed by atoms with Crippen molar-refractivity contribution in [3.63, 3.8) is 0 Å². The summed E-state index contributed by atoms with van der Waals surface area (Å²) in [4.78, 5) is 32.4. The van der Waals surface area contributed by atoms with Crippen molar-refractivity contribution in [3.05, 3.63) is 54.0 Å². The first-order valence-corrected chi connectivity index (χ1v) is 14.7. The summed E-state index contributed by atoms with van der Waals surface area (Å²) in [6.45, 7) is 3.62. The largest absolute Gasteiger partial charge is 0.356 e. The molecule has 10 nitrogen and oxygen atoms in total. The number of hydrogen-bond acceptors (Lipinski definition) is 7. The summed E-state index contributed by atoms with van der Waals surface area (Å²) in [6, 6.07) is 5.34. The molecule has 0 bridgehead atoms. The lowest BCUT2D eigenvalue weighted by atomic mass is 9.99. The highest BCUT2D eigenvalue weighted by Gasteiger charge is 2.33. The molecule has 214 valence electrons. The van der Waals surface area contributed by atoms with E-state index in [0.717, 1.165) is 5.56 Å². The van der Waals surface area contributed by atoms with Gasteiger partial charge in [0, 0.05) is 73.3 Å². The molecule has 0 unspecified atom stereocenters. The number of halogens is 2. The van der Waals surface area contributed by atoms with Crippen LogP contribution in [-0.2, 0) is 21.6 Å². The van der Waals surface area contributed by atoms with Gasteiger partial charge >= 0.3 is 0 Å². The van der Waals surface area contributed by atoms with Gasteiger partial charge in [-0.3, -0.25) is 14.3 Å². The number of benzene rings is 1. The predicted octanol–water partition coefficient (Wildman–Crippen LogP) is 4.00. The molecule has 3 heterocycles. The summed E-state index contributed by atoms with van der Waals surface area (Å²) in [7, 11) is -1.35. The molecule has 2 atom stereocenters. The Labute approximate surface area is 232 Å². The van der Waals surface area contributed by atoms with E-state index in [4.69, 9.17) is 5.73 Å². The van der Waals surface area contributed by atoms with Crippen molar-refractivity contribution < 1.29 is 22.6 Å². The quantitative estimate of drug-likeness (QED) is 0.455. The fourth-order valence-electron chi connectivity index (χ4n) is 4.54. The van der Waals surface area contributed by atoms with Gasteiger partial charge in [0.05, 0.1) is 27.5 Å². The van der Waals surface area contributed by atoms with Crippen LogP contribution in [0.15, 0.2) is 52.1 Å². The smallest absolute Gasteiger partial charge is 0.270 e. The van der Waals surface area contributed by atoms with Gasteiger partial charge in [-0.05, 0) is 44.0 Å². The molecular weight excluding hydrogens is 540 g/mol. The van der Waals surface area contributed by atoms with E-state index >= 15 is 0 Å². The summed E-state index contributed by atoms with van der Waals surface area (Å²) in [5.41, 5.74) is 8.18. The number of pyridine rings is 1. The van der Waals surface area contributed by atoms with Gasteiger partial charge in [-0.25, -0.2) is 18.0 Å². The second-order valence-electron chi connectivity index (χ2n) is 10.1. The number of carbonyl (C=O) groups excluding carboxylic acids is 2. The zero-order valence-electron chi connectivity index (χ0n) is 22.9. The first-order valence-electron chi connectivity index (χ1n) is 12.8. The molecule has 4 rings (SSSR count). The summed E-state index contributed by atoms with van der Waals surface area (Å²) >= 11 is 0. The Morgan fingerprint density at radius 1 is 1.23 bits per heavy atom. The molecule has 0 aliphatic carbocycles. The van der Waals surface area contributed by atoms with Crippen molar-refractivity contribution in [2.24, 2.45) is 17.1 Å². The second-order valence-corrected chi connectivity index (χ2v) is 12.4. The van der Waals surface area contributed by atoms with E-state index in [-0.39, 0.29) is 36.3 Å². The van der Waals surface area contributed by atoms with Crippen molar-refractivity contribution >= 4 is 33.0 Å². The van der Waals surface area contributed by atoms with Crippen molar-refractivity contribution in [1.82, 2.24) is 14.8 Å². The lowest BCUT2D eigenvalue weighted by Gasteiger charge is -2.26. The minimum Gasteiger partial charge on any atom is -0.356 e. The maximum absolute atomic E-state index is 14.1. The highest BCUT2D eigenvalue weighted by atomic mass is 32.2. The Morgan fingerprint density at radius 3 is 2.65 bits per heavy atom. The molecule has 1 aliphatic rings. The van der Waals surface area contributed by atoms with Crippen LogP contribution in [0.1, 0.15) is 42.1 Å². The molecule has 2 amide bonds. The van der Waals surface area contributed by atoms with E-state index in [1.807, 2.05) is 0 Å². The normalized spacial score (nSPS) is 17.4. The molecule has 3 aromatic rings. The van der Waals surface area contributed by atoms with E-state index in [9.17, 15) is 22.6 Å². The molecule has 1 aliphatic heterocycles. The number of rotatable bonds is 6. The summed E-state index contributed by atoms with van der Waals surface area (Å²) in [6.07, 6.45) is 6.11. The summed E-state index contributed by atoms with van der Waals surface area (Å²) in [5.74, 6) is -3.66. The first kappa shape index (κ1) is 29.3. The summed E-state index contributed by atoms with van der Waals surface area (Å²) < 4.78 is 46.8. The van der Waals surface area contributed by atoms with Crippen LogP contribution in [0.5, 0.6) is 0 Å². The van der Waals surface area contributed by atoms with E-state index in [1.165, 1.54) is 19.2 Å². The first-order chi connectivity index (χ1) is 18.8. The molecule has 0 spiro atoms. The number of aromatic nitrogens is 3. The van der Waals surface area contributed by atoms with Gasteiger partial charge in [-0.2, -0.15) is 9.46 Å². The predicted molar refractivity (Wildman–Crippen MR) is 150 cm³/mol. The number of hydrogen-bond donors (Lipinski definition) is 2. The molecule has 2 aromatic heterocycles. The minimum absolute atomic E-state index is 0.0500. The molecule has 0 radical (unpaired) electrons. The van der Waals surface area contributed by atoms with E-state index in [0.29, 0.717) is 29.2 Å². The van der Waals surface area contributed by atoms with Gasteiger partial charge in [-0.15, -0.1) is 0 Å². The maximum Gasteiger partial charge on any atom is 0.270 e. The number of nitrogens with two attached hydrogens (primary N) is 1. The fraction of sp³-hybridized carbons (Fsp3) is 0.407. The molecule has 1 fully saturated rings. The second kappa shape index (κ2) is 11.4. The van der Waals surface area contributed by atoms with Crippen molar-refractivity contribution in [1.29, 1.82) is 0 Å². The van der Waals surface area contributed by atoms with E-state index < -0.39 is 33.5 Å². The van der Waals surface area contributed by atoms with Crippen LogP contribution in [0.3, 0.4) is 0 Å². The third-order valence-electron chi connectivity index (χ3n) is 6.76. The molecule has 0 saturated carbocycles. The Kier molecular flexibility index (Phi) is 8.36. The fourth-order valence-corrected chi connectivity index (χ4v) is 5.83. The molecule has 13 heteroatoms. The number of carbonyl (C=O) groups is 2. The Morgan fingerprint density at radius 2 is 1.98 bits per heavy atom.